The molecule has 17 heavy (non-hydrogen) atoms. The van der Waals surface area contributed by atoms with Crippen molar-refractivity contribution in [2.75, 3.05) is 13.2 Å². The van der Waals surface area contributed by atoms with Gasteiger partial charge in [0.1, 0.15) is 18.1 Å². The SMILES string of the molecule is O=C1CCOCC1c1nc(CC(F)(F)F)no1. The zero-order valence-electron chi connectivity index (χ0n) is 8.66. The summed E-state index contributed by atoms with van der Waals surface area (Å²) in [6.07, 6.45) is -5.45. The van der Waals surface area contributed by atoms with Crippen molar-refractivity contribution in [1.29, 1.82) is 0 Å². The van der Waals surface area contributed by atoms with Crippen molar-refractivity contribution in [2.24, 2.45) is 0 Å². The minimum atomic E-state index is -4.39. The highest BCUT2D eigenvalue weighted by molar-refractivity contribution is 5.85. The fourth-order valence-electron chi connectivity index (χ4n) is 1.51. The van der Waals surface area contributed by atoms with Crippen LogP contribution in [0.4, 0.5) is 13.2 Å². The van der Waals surface area contributed by atoms with Gasteiger partial charge in [0.25, 0.3) is 0 Å². The summed E-state index contributed by atoms with van der Waals surface area (Å²) in [5.74, 6) is -1.46. The van der Waals surface area contributed by atoms with E-state index in [4.69, 9.17) is 4.74 Å². The number of carbonyl (C=O) groups excluding carboxylic acids is 1. The van der Waals surface area contributed by atoms with Crippen LogP contribution in [-0.4, -0.2) is 35.3 Å². The van der Waals surface area contributed by atoms with Crippen LogP contribution in [0.25, 0.3) is 0 Å². The van der Waals surface area contributed by atoms with E-state index in [1.807, 2.05) is 0 Å². The lowest BCUT2D eigenvalue weighted by Gasteiger charge is -2.17. The Kier molecular flexibility index (Phi) is 3.14. The van der Waals surface area contributed by atoms with Crippen LogP contribution in [0, 0.1) is 0 Å². The Bertz CT molecular complexity index is 416. The van der Waals surface area contributed by atoms with Gasteiger partial charge >= 0.3 is 6.18 Å². The van der Waals surface area contributed by atoms with Gasteiger partial charge in [0, 0.05) is 6.42 Å². The number of hydrogen-bond donors (Lipinski definition) is 0. The van der Waals surface area contributed by atoms with Crippen molar-refractivity contribution in [2.45, 2.75) is 24.9 Å². The summed E-state index contributed by atoms with van der Waals surface area (Å²) in [5.41, 5.74) is 0. The number of Topliss-reactive ketones (excluding diaryl/α,β-unsaturated/α-hetero) is 1. The first kappa shape index (κ1) is 12.0. The maximum Gasteiger partial charge on any atom is 0.396 e. The smallest absolute Gasteiger partial charge is 0.380 e. The van der Waals surface area contributed by atoms with Gasteiger partial charge in [-0.3, -0.25) is 4.79 Å². The molecule has 0 aromatic carbocycles. The molecule has 2 rings (SSSR count). The van der Waals surface area contributed by atoms with Crippen LogP contribution in [0.5, 0.6) is 0 Å². The zero-order chi connectivity index (χ0) is 12.5. The first-order valence-electron chi connectivity index (χ1n) is 4.95. The molecule has 0 saturated carbocycles. The molecule has 1 atom stereocenters. The number of nitrogens with zero attached hydrogens (tertiary/aromatic N) is 2. The van der Waals surface area contributed by atoms with Gasteiger partial charge in [-0.25, -0.2) is 0 Å². The molecule has 1 unspecified atom stereocenters. The van der Waals surface area contributed by atoms with Gasteiger partial charge in [-0.2, -0.15) is 18.2 Å². The highest BCUT2D eigenvalue weighted by Crippen LogP contribution is 2.23. The molecule has 1 aliphatic heterocycles. The first-order chi connectivity index (χ1) is 7.96. The van der Waals surface area contributed by atoms with Crippen LogP contribution >= 0.6 is 0 Å². The summed E-state index contributed by atoms with van der Waals surface area (Å²) in [7, 11) is 0. The lowest BCUT2D eigenvalue weighted by molar-refractivity contribution is -0.129. The minimum Gasteiger partial charge on any atom is -0.380 e. The molecular formula is C9H9F3N2O3. The second kappa shape index (κ2) is 4.44. The third-order valence-corrected chi connectivity index (χ3v) is 2.31. The minimum absolute atomic E-state index is 0.0759. The predicted molar refractivity (Wildman–Crippen MR) is 47.2 cm³/mol. The molecule has 0 spiro atoms. The van der Waals surface area contributed by atoms with Crippen LogP contribution < -0.4 is 0 Å². The zero-order valence-corrected chi connectivity index (χ0v) is 8.66. The van der Waals surface area contributed by atoms with E-state index in [0.29, 0.717) is 6.61 Å². The highest BCUT2D eigenvalue weighted by Gasteiger charge is 2.33. The summed E-state index contributed by atoms with van der Waals surface area (Å²) < 4.78 is 45.9. The lowest BCUT2D eigenvalue weighted by Crippen LogP contribution is -2.26. The largest absolute Gasteiger partial charge is 0.396 e. The number of aromatic nitrogens is 2. The van der Waals surface area contributed by atoms with E-state index < -0.39 is 24.3 Å². The molecule has 0 bridgehead atoms. The van der Waals surface area contributed by atoms with Crippen LogP contribution in [0.15, 0.2) is 4.52 Å². The van der Waals surface area contributed by atoms with Crippen LogP contribution in [0.3, 0.4) is 0 Å². The van der Waals surface area contributed by atoms with Crippen LogP contribution in [0.2, 0.25) is 0 Å². The fourth-order valence-corrected chi connectivity index (χ4v) is 1.51. The average molecular weight is 250 g/mol. The van der Waals surface area contributed by atoms with Gasteiger partial charge < -0.3 is 9.26 Å². The van der Waals surface area contributed by atoms with Crippen LogP contribution in [0.1, 0.15) is 24.1 Å². The summed E-state index contributed by atoms with van der Waals surface area (Å²) in [4.78, 5) is 15.0. The Balaban J connectivity index is 2.09. The molecular weight excluding hydrogens is 241 g/mol. The van der Waals surface area contributed by atoms with E-state index in [1.54, 1.807) is 0 Å². The van der Waals surface area contributed by atoms with Crippen LogP contribution in [-0.2, 0) is 16.0 Å². The third-order valence-electron chi connectivity index (χ3n) is 2.31. The summed E-state index contributed by atoms with van der Waals surface area (Å²) in [5, 5.41) is 3.20. The van der Waals surface area contributed by atoms with Gasteiger partial charge in [0.2, 0.25) is 5.89 Å². The van der Waals surface area contributed by atoms with Gasteiger partial charge in [-0.15, -0.1) is 0 Å². The highest BCUT2D eigenvalue weighted by atomic mass is 19.4. The number of ketones is 1. The van der Waals surface area contributed by atoms with E-state index in [2.05, 4.69) is 14.7 Å². The normalized spacial score (nSPS) is 21.8. The number of halogens is 3. The fraction of sp³-hybridized carbons (Fsp3) is 0.667. The van der Waals surface area contributed by atoms with Crippen molar-refractivity contribution >= 4 is 5.78 Å². The standard InChI is InChI=1S/C9H9F3N2O3/c10-9(11,12)3-7-13-8(17-14-7)5-4-16-2-1-6(5)15/h5H,1-4H2. The predicted octanol–water partition coefficient (Wildman–Crippen LogP) is 1.25. The Morgan fingerprint density at radius 1 is 1.41 bits per heavy atom. The van der Waals surface area contributed by atoms with E-state index >= 15 is 0 Å². The monoisotopic (exact) mass is 250 g/mol. The van der Waals surface area contributed by atoms with E-state index in [0.717, 1.165) is 0 Å². The molecule has 1 saturated heterocycles. The first-order valence-corrected chi connectivity index (χ1v) is 4.95. The number of rotatable bonds is 2. The molecule has 1 aromatic rings. The number of carbonyl (C=O) groups is 1. The van der Waals surface area contributed by atoms with Gasteiger partial charge in [0.15, 0.2) is 5.82 Å². The summed E-state index contributed by atoms with van der Waals surface area (Å²) in [6.45, 7) is 0.394. The Labute approximate surface area is 93.9 Å². The quantitative estimate of drug-likeness (QED) is 0.790. The van der Waals surface area contributed by atoms with Crippen molar-refractivity contribution in [3.63, 3.8) is 0 Å². The molecule has 0 amide bonds. The second-order valence-electron chi connectivity index (χ2n) is 3.68. The maximum atomic E-state index is 12.1. The molecule has 94 valence electrons. The number of ether oxygens (including phenoxy) is 1. The van der Waals surface area contributed by atoms with Gasteiger partial charge in [0.05, 0.1) is 13.2 Å². The summed E-state index contributed by atoms with van der Waals surface area (Å²) in [6, 6.07) is 0. The second-order valence-corrected chi connectivity index (χ2v) is 3.68. The molecule has 1 aliphatic rings. The molecule has 5 nitrogen and oxygen atoms in total. The molecule has 0 radical (unpaired) electrons. The lowest BCUT2D eigenvalue weighted by atomic mass is 10.0. The molecule has 0 aliphatic carbocycles. The molecule has 8 heteroatoms. The van der Waals surface area contributed by atoms with E-state index in [-0.39, 0.29) is 24.7 Å². The average Bonchev–Trinajstić information content (AvgIpc) is 2.64. The Morgan fingerprint density at radius 2 is 2.18 bits per heavy atom. The van der Waals surface area contributed by atoms with Crippen molar-refractivity contribution in [1.82, 2.24) is 10.1 Å². The molecule has 1 aromatic heterocycles. The topological polar surface area (TPSA) is 65.2 Å². The van der Waals surface area contributed by atoms with Gasteiger partial charge in [-0.1, -0.05) is 5.16 Å². The molecule has 0 N–H and O–H groups in total. The van der Waals surface area contributed by atoms with Crippen molar-refractivity contribution in [3.8, 4) is 0 Å². The van der Waals surface area contributed by atoms with Crippen molar-refractivity contribution in [3.05, 3.63) is 11.7 Å². The number of alkyl halides is 3. The van der Waals surface area contributed by atoms with Gasteiger partial charge in [-0.05, 0) is 0 Å². The van der Waals surface area contributed by atoms with E-state index in [1.165, 1.54) is 0 Å². The maximum absolute atomic E-state index is 12.1. The third kappa shape index (κ3) is 3.02. The van der Waals surface area contributed by atoms with Crippen molar-refractivity contribution < 1.29 is 27.2 Å². The number of hydrogen-bond acceptors (Lipinski definition) is 5. The van der Waals surface area contributed by atoms with E-state index in [9.17, 15) is 18.0 Å². The molecule has 1 fully saturated rings. The Hall–Kier alpha value is -1.44. The Morgan fingerprint density at radius 3 is 2.82 bits per heavy atom. The summed E-state index contributed by atoms with van der Waals surface area (Å²) >= 11 is 0. The molecule has 2 heterocycles.